The van der Waals surface area contributed by atoms with Gasteiger partial charge in [-0.05, 0) is 31.0 Å². The zero-order valence-electron chi connectivity index (χ0n) is 15.5. The minimum Gasteiger partial charge on any atom is -0.329 e. The molecule has 7 nitrogen and oxygen atoms in total. The predicted molar refractivity (Wildman–Crippen MR) is 105 cm³/mol. The summed E-state index contributed by atoms with van der Waals surface area (Å²) in [6, 6.07) is 13.8. The molecule has 3 rings (SSSR count). The summed E-state index contributed by atoms with van der Waals surface area (Å²) in [7, 11) is 0. The maximum absolute atomic E-state index is 12.7. The highest BCUT2D eigenvalue weighted by Crippen LogP contribution is 2.21. The molecule has 0 unspecified atom stereocenters. The second kappa shape index (κ2) is 9.05. The van der Waals surface area contributed by atoms with Crippen molar-refractivity contribution in [1.82, 2.24) is 20.0 Å². The molecular weight excluding hydrogens is 340 g/mol. The Morgan fingerprint density at radius 2 is 2.04 bits per heavy atom. The van der Waals surface area contributed by atoms with Gasteiger partial charge < -0.3 is 5.73 Å². The zero-order valence-corrected chi connectivity index (χ0v) is 15.5. The van der Waals surface area contributed by atoms with Crippen LogP contribution in [-0.2, 0) is 17.8 Å². The first-order valence-electron chi connectivity index (χ1n) is 9.12. The third-order valence-corrected chi connectivity index (χ3v) is 4.30. The molecule has 140 valence electrons. The molecule has 0 saturated carbocycles. The first-order valence-corrected chi connectivity index (χ1v) is 9.12. The van der Waals surface area contributed by atoms with Crippen LogP contribution in [0.1, 0.15) is 18.9 Å². The number of hydrogen-bond donors (Lipinski definition) is 1. The van der Waals surface area contributed by atoms with Gasteiger partial charge >= 0.3 is 0 Å². The Bertz CT molecular complexity index is 877. The SMILES string of the molecule is CCN(C(=O)CCc1ccccc1)c1cc(-c2cn(CCN)nn2)ccn1. The van der Waals surface area contributed by atoms with Gasteiger partial charge in [0.2, 0.25) is 5.91 Å². The van der Waals surface area contributed by atoms with Crippen molar-refractivity contribution < 1.29 is 4.79 Å². The van der Waals surface area contributed by atoms with E-state index in [9.17, 15) is 4.79 Å². The van der Waals surface area contributed by atoms with Gasteiger partial charge in [-0.15, -0.1) is 5.10 Å². The summed E-state index contributed by atoms with van der Waals surface area (Å²) in [6.45, 7) is 3.63. The van der Waals surface area contributed by atoms with Crippen LogP contribution in [0.25, 0.3) is 11.3 Å². The van der Waals surface area contributed by atoms with Gasteiger partial charge in [-0.25, -0.2) is 4.98 Å². The largest absolute Gasteiger partial charge is 0.329 e. The van der Waals surface area contributed by atoms with E-state index in [1.54, 1.807) is 15.8 Å². The molecule has 2 aromatic heterocycles. The Kier molecular flexibility index (Phi) is 6.27. The second-order valence-corrected chi connectivity index (χ2v) is 6.18. The molecule has 1 amide bonds. The second-order valence-electron chi connectivity index (χ2n) is 6.18. The molecule has 0 aliphatic heterocycles. The van der Waals surface area contributed by atoms with Crippen molar-refractivity contribution in [1.29, 1.82) is 0 Å². The lowest BCUT2D eigenvalue weighted by molar-refractivity contribution is -0.118. The molecule has 1 aromatic carbocycles. The lowest BCUT2D eigenvalue weighted by atomic mass is 10.1. The van der Waals surface area contributed by atoms with Crippen LogP contribution in [0.5, 0.6) is 0 Å². The van der Waals surface area contributed by atoms with Crippen molar-refractivity contribution in [2.75, 3.05) is 18.0 Å². The van der Waals surface area contributed by atoms with Gasteiger partial charge in [-0.1, -0.05) is 35.5 Å². The summed E-state index contributed by atoms with van der Waals surface area (Å²) in [6.07, 6.45) is 4.69. The Morgan fingerprint density at radius 1 is 1.22 bits per heavy atom. The topological polar surface area (TPSA) is 89.9 Å². The summed E-state index contributed by atoms with van der Waals surface area (Å²) >= 11 is 0. The van der Waals surface area contributed by atoms with E-state index in [2.05, 4.69) is 15.3 Å². The molecule has 0 radical (unpaired) electrons. The van der Waals surface area contributed by atoms with Crippen LogP contribution < -0.4 is 10.6 Å². The third kappa shape index (κ3) is 4.77. The first-order chi connectivity index (χ1) is 13.2. The summed E-state index contributed by atoms with van der Waals surface area (Å²) in [5, 5.41) is 8.24. The fraction of sp³-hybridized carbons (Fsp3) is 0.300. The molecule has 0 bridgehead atoms. The zero-order chi connectivity index (χ0) is 19.1. The van der Waals surface area contributed by atoms with Crippen molar-refractivity contribution in [3.63, 3.8) is 0 Å². The Hall–Kier alpha value is -3.06. The van der Waals surface area contributed by atoms with Crippen molar-refractivity contribution >= 4 is 11.7 Å². The summed E-state index contributed by atoms with van der Waals surface area (Å²) < 4.78 is 1.71. The van der Waals surface area contributed by atoms with Gasteiger partial charge in [0.25, 0.3) is 0 Å². The molecular formula is C20H24N6O. The average Bonchev–Trinajstić information content (AvgIpc) is 3.17. The molecule has 2 heterocycles. The molecule has 7 heteroatoms. The van der Waals surface area contributed by atoms with Crippen molar-refractivity contribution in [3.8, 4) is 11.3 Å². The number of benzene rings is 1. The molecule has 0 atom stereocenters. The normalized spacial score (nSPS) is 10.7. The number of rotatable bonds is 8. The molecule has 2 N–H and O–H groups in total. The number of aromatic nitrogens is 4. The standard InChI is InChI=1S/C20H24N6O/c1-2-26(20(27)9-8-16-6-4-3-5-7-16)19-14-17(10-12-22-19)18-15-25(13-11-21)24-23-18/h3-7,10,12,14-15H,2,8-9,11,13,21H2,1H3. The molecule has 0 fully saturated rings. The highest BCUT2D eigenvalue weighted by atomic mass is 16.2. The van der Waals surface area contributed by atoms with Gasteiger partial charge in [-0.2, -0.15) is 0 Å². The fourth-order valence-corrected chi connectivity index (χ4v) is 2.89. The first kappa shape index (κ1) is 18.7. The van der Waals surface area contributed by atoms with Crippen molar-refractivity contribution in [2.24, 2.45) is 5.73 Å². The third-order valence-electron chi connectivity index (χ3n) is 4.30. The minimum absolute atomic E-state index is 0.0535. The number of carbonyl (C=O) groups is 1. The van der Waals surface area contributed by atoms with Crippen LogP contribution in [0.15, 0.2) is 54.9 Å². The predicted octanol–water partition coefficient (Wildman–Crippen LogP) is 2.28. The van der Waals surface area contributed by atoms with Gasteiger partial charge in [-0.3, -0.25) is 14.4 Å². The van der Waals surface area contributed by atoms with E-state index in [0.29, 0.717) is 38.3 Å². The Labute approximate surface area is 158 Å². The lowest BCUT2D eigenvalue weighted by Crippen LogP contribution is -2.31. The molecule has 0 saturated heterocycles. The van der Waals surface area contributed by atoms with Crippen LogP contribution in [0.2, 0.25) is 0 Å². The molecule has 0 aliphatic carbocycles. The fourth-order valence-electron chi connectivity index (χ4n) is 2.89. The van der Waals surface area contributed by atoms with Crippen LogP contribution in [0.4, 0.5) is 5.82 Å². The number of nitrogens with zero attached hydrogens (tertiary/aromatic N) is 5. The van der Waals surface area contributed by atoms with E-state index in [1.165, 1.54) is 0 Å². The Balaban J connectivity index is 1.73. The summed E-state index contributed by atoms with van der Waals surface area (Å²) in [5.74, 6) is 0.680. The van der Waals surface area contributed by atoms with E-state index in [1.807, 2.05) is 55.6 Å². The maximum Gasteiger partial charge on any atom is 0.228 e. The molecule has 0 aliphatic rings. The number of pyridine rings is 1. The van der Waals surface area contributed by atoms with Crippen molar-refractivity contribution in [3.05, 3.63) is 60.4 Å². The van der Waals surface area contributed by atoms with Crippen LogP contribution in [0, 0.1) is 0 Å². The van der Waals surface area contributed by atoms with Crippen LogP contribution >= 0.6 is 0 Å². The van der Waals surface area contributed by atoms with Gasteiger partial charge in [0.15, 0.2) is 0 Å². The van der Waals surface area contributed by atoms with Crippen LogP contribution in [-0.4, -0.2) is 39.0 Å². The monoisotopic (exact) mass is 364 g/mol. The molecule has 3 aromatic rings. The number of nitrogens with two attached hydrogens (primary N) is 1. The van der Waals surface area contributed by atoms with E-state index < -0.39 is 0 Å². The number of amides is 1. The number of aryl methyl sites for hydroxylation is 1. The van der Waals surface area contributed by atoms with E-state index >= 15 is 0 Å². The quantitative estimate of drug-likeness (QED) is 0.662. The van der Waals surface area contributed by atoms with E-state index in [0.717, 1.165) is 16.8 Å². The van der Waals surface area contributed by atoms with E-state index in [-0.39, 0.29) is 5.91 Å². The summed E-state index contributed by atoms with van der Waals surface area (Å²) in [4.78, 5) is 18.8. The van der Waals surface area contributed by atoms with E-state index in [4.69, 9.17) is 5.73 Å². The Morgan fingerprint density at radius 3 is 2.78 bits per heavy atom. The van der Waals surface area contributed by atoms with Gasteiger partial charge in [0.1, 0.15) is 11.5 Å². The minimum atomic E-state index is 0.0535. The maximum atomic E-state index is 12.7. The highest BCUT2D eigenvalue weighted by Gasteiger charge is 2.16. The number of hydrogen-bond acceptors (Lipinski definition) is 5. The van der Waals surface area contributed by atoms with Crippen LogP contribution in [0.3, 0.4) is 0 Å². The number of anilines is 1. The number of carbonyl (C=O) groups excluding carboxylic acids is 1. The summed E-state index contributed by atoms with van der Waals surface area (Å²) in [5.41, 5.74) is 8.31. The molecule has 0 spiro atoms. The molecule has 27 heavy (non-hydrogen) atoms. The smallest absolute Gasteiger partial charge is 0.228 e. The highest BCUT2D eigenvalue weighted by molar-refractivity contribution is 5.93. The van der Waals surface area contributed by atoms with Gasteiger partial charge in [0.05, 0.1) is 12.7 Å². The van der Waals surface area contributed by atoms with Gasteiger partial charge in [0, 0.05) is 31.3 Å². The van der Waals surface area contributed by atoms with Crippen molar-refractivity contribution in [2.45, 2.75) is 26.3 Å². The lowest BCUT2D eigenvalue weighted by Gasteiger charge is -2.20. The average molecular weight is 364 g/mol.